The predicted octanol–water partition coefficient (Wildman–Crippen LogP) is 4.72. The Balaban J connectivity index is 1.49. The molecule has 0 bridgehead atoms. The largest absolute Gasteiger partial charge is 0.495 e. The van der Waals surface area contributed by atoms with Crippen LogP contribution in [0.3, 0.4) is 0 Å². The fourth-order valence-corrected chi connectivity index (χ4v) is 4.44. The molecular formula is C26H28N4O6S. The van der Waals surface area contributed by atoms with Gasteiger partial charge in [-0.25, -0.2) is 0 Å². The maximum absolute atomic E-state index is 12.9. The van der Waals surface area contributed by atoms with Crippen LogP contribution >= 0.6 is 12.2 Å². The summed E-state index contributed by atoms with van der Waals surface area (Å²) < 4.78 is 11.0. The van der Waals surface area contributed by atoms with Crippen molar-refractivity contribution in [3.8, 4) is 17.1 Å². The number of nitro groups is 1. The Hall–Kier alpha value is -3.96. The fourth-order valence-electron chi connectivity index (χ4n) is 4.23. The maximum Gasteiger partial charge on any atom is 0.293 e. The second-order valence-electron chi connectivity index (χ2n) is 8.88. The van der Waals surface area contributed by atoms with Gasteiger partial charge in [0.05, 0.1) is 17.7 Å². The molecule has 194 valence electrons. The number of nitrogens with one attached hydrogen (secondary N) is 2. The standard InChI is InChI=1S/C26H28N4O6S/c1-16-9-11-29(12-10-16)21-6-3-18(14-22(21)30(33)34)25(32)28-26(37)27-20-13-17(4-7-24(20)35-2)23-8-5-19(15-31)36-23/h3-8,13-14,16,31H,9-12,15H2,1-2H3,(H2,27,28,32,37). The lowest BCUT2D eigenvalue weighted by Crippen LogP contribution is -2.35. The molecule has 3 N–H and O–H groups in total. The number of aliphatic hydroxyl groups is 1. The van der Waals surface area contributed by atoms with Gasteiger partial charge in [-0.1, -0.05) is 6.92 Å². The number of furan rings is 1. The highest BCUT2D eigenvalue weighted by Gasteiger charge is 2.25. The van der Waals surface area contributed by atoms with Crippen LogP contribution in [-0.2, 0) is 6.61 Å². The number of anilines is 2. The van der Waals surface area contributed by atoms with Crippen LogP contribution in [0.4, 0.5) is 17.1 Å². The van der Waals surface area contributed by atoms with Gasteiger partial charge in [-0.05, 0) is 73.4 Å². The van der Waals surface area contributed by atoms with Crippen LogP contribution in [0.15, 0.2) is 52.9 Å². The molecule has 0 radical (unpaired) electrons. The van der Waals surface area contributed by atoms with Gasteiger partial charge in [0.25, 0.3) is 11.6 Å². The quantitative estimate of drug-likeness (QED) is 0.228. The molecule has 0 spiro atoms. The number of hydrogen-bond acceptors (Lipinski definition) is 8. The van der Waals surface area contributed by atoms with Crippen LogP contribution in [-0.4, -0.2) is 41.2 Å². The highest BCUT2D eigenvalue weighted by molar-refractivity contribution is 7.80. The number of benzene rings is 2. The average molecular weight is 525 g/mol. The average Bonchev–Trinajstić information content (AvgIpc) is 3.38. The summed E-state index contributed by atoms with van der Waals surface area (Å²) in [5, 5.41) is 26.5. The number of ether oxygens (including phenoxy) is 1. The summed E-state index contributed by atoms with van der Waals surface area (Å²) in [5.41, 5.74) is 1.70. The third kappa shape index (κ3) is 6.07. The zero-order chi connectivity index (χ0) is 26.5. The van der Waals surface area contributed by atoms with Gasteiger partial charge in [-0.2, -0.15) is 0 Å². The number of piperidine rings is 1. The molecule has 2 heterocycles. The van der Waals surface area contributed by atoms with E-state index >= 15 is 0 Å². The smallest absolute Gasteiger partial charge is 0.293 e. The number of nitrogens with zero attached hydrogens (tertiary/aromatic N) is 2. The lowest BCUT2D eigenvalue weighted by atomic mass is 9.98. The maximum atomic E-state index is 12.9. The molecule has 1 fully saturated rings. The molecule has 10 nitrogen and oxygen atoms in total. The van der Waals surface area contributed by atoms with E-state index in [2.05, 4.69) is 17.6 Å². The second kappa shape index (κ2) is 11.4. The molecule has 1 aliphatic rings. The van der Waals surface area contributed by atoms with E-state index in [4.69, 9.17) is 21.4 Å². The summed E-state index contributed by atoms with van der Waals surface area (Å²) >= 11 is 5.33. The SMILES string of the molecule is COc1ccc(-c2ccc(CO)o2)cc1NC(=S)NC(=O)c1ccc(N2CCC(C)CC2)c([N+](=O)[O-])c1. The minimum atomic E-state index is -0.576. The topological polar surface area (TPSA) is 130 Å². The summed E-state index contributed by atoms with van der Waals surface area (Å²) in [4.78, 5) is 26.2. The van der Waals surface area contributed by atoms with Gasteiger partial charge in [0.15, 0.2) is 5.11 Å². The summed E-state index contributed by atoms with van der Waals surface area (Å²) in [6.45, 7) is 3.43. The number of carbonyl (C=O) groups excluding carboxylic acids is 1. The third-order valence-electron chi connectivity index (χ3n) is 6.34. The Morgan fingerprint density at radius 1 is 1.22 bits per heavy atom. The van der Waals surface area contributed by atoms with E-state index in [9.17, 15) is 20.0 Å². The van der Waals surface area contributed by atoms with Crippen LogP contribution in [0, 0.1) is 16.0 Å². The van der Waals surface area contributed by atoms with Gasteiger partial charge < -0.3 is 24.5 Å². The van der Waals surface area contributed by atoms with Crippen LogP contribution in [0.25, 0.3) is 11.3 Å². The summed E-state index contributed by atoms with van der Waals surface area (Å²) in [6.07, 6.45) is 1.93. The highest BCUT2D eigenvalue weighted by atomic mass is 32.1. The molecule has 37 heavy (non-hydrogen) atoms. The third-order valence-corrected chi connectivity index (χ3v) is 6.54. The van der Waals surface area contributed by atoms with Crippen LogP contribution in [0.2, 0.25) is 0 Å². The molecule has 0 unspecified atom stereocenters. The van der Waals surface area contributed by atoms with Gasteiger partial charge in [-0.3, -0.25) is 20.2 Å². The lowest BCUT2D eigenvalue weighted by Gasteiger charge is -2.31. The normalized spacial score (nSPS) is 13.8. The molecule has 1 saturated heterocycles. The van der Waals surface area contributed by atoms with Crippen molar-refractivity contribution < 1.29 is 24.0 Å². The molecule has 2 aromatic carbocycles. The molecule has 0 aliphatic carbocycles. The van der Waals surface area contributed by atoms with Crippen LogP contribution < -0.4 is 20.3 Å². The van der Waals surface area contributed by atoms with Gasteiger partial charge in [-0.15, -0.1) is 0 Å². The van der Waals surface area contributed by atoms with Crippen molar-refractivity contribution in [2.45, 2.75) is 26.4 Å². The molecule has 1 amide bonds. The van der Waals surface area contributed by atoms with E-state index in [-0.39, 0.29) is 23.0 Å². The lowest BCUT2D eigenvalue weighted by molar-refractivity contribution is -0.384. The number of hydrogen-bond donors (Lipinski definition) is 3. The van der Waals surface area contributed by atoms with Crippen molar-refractivity contribution in [3.63, 3.8) is 0 Å². The molecule has 1 aromatic heterocycles. The fraction of sp³-hybridized carbons (Fsp3) is 0.308. The first-order valence-electron chi connectivity index (χ1n) is 11.8. The predicted molar refractivity (Wildman–Crippen MR) is 144 cm³/mol. The first-order chi connectivity index (χ1) is 17.8. The number of methoxy groups -OCH3 is 1. The van der Waals surface area contributed by atoms with Gasteiger partial charge in [0.2, 0.25) is 0 Å². The van der Waals surface area contributed by atoms with Crippen molar-refractivity contribution in [3.05, 3.63) is 70.0 Å². The summed E-state index contributed by atoms with van der Waals surface area (Å²) in [5.74, 6) is 1.46. The first kappa shape index (κ1) is 26.1. The first-order valence-corrected chi connectivity index (χ1v) is 12.2. The summed E-state index contributed by atoms with van der Waals surface area (Å²) in [6, 6.07) is 13.1. The van der Waals surface area contributed by atoms with E-state index in [0.29, 0.717) is 40.1 Å². The van der Waals surface area contributed by atoms with Gasteiger partial charge in [0, 0.05) is 30.3 Å². The van der Waals surface area contributed by atoms with E-state index in [0.717, 1.165) is 25.9 Å². The van der Waals surface area contributed by atoms with Crippen LogP contribution in [0.1, 0.15) is 35.9 Å². The summed E-state index contributed by atoms with van der Waals surface area (Å²) in [7, 11) is 1.50. The molecule has 1 aliphatic heterocycles. The molecule has 0 atom stereocenters. The van der Waals surface area contributed by atoms with Crippen molar-refractivity contribution in [2.24, 2.45) is 5.92 Å². The number of rotatable bonds is 7. The minimum absolute atomic E-state index is 0.00677. The number of thiocarbonyl (C=S) groups is 1. The molecule has 0 saturated carbocycles. The number of nitro benzene ring substituents is 1. The number of aliphatic hydroxyl groups excluding tert-OH is 1. The van der Waals surface area contributed by atoms with E-state index < -0.39 is 10.8 Å². The Kier molecular flexibility index (Phi) is 8.04. The highest BCUT2D eigenvalue weighted by Crippen LogP contribution is 2.33. The molecule has 11 heteroatoms. The molecular weight excluding hydrogens is 496 g/mol. The van der Waals surface area contributed by atoms with Crippen molar-refractivity contribution in [1.29, 1.82) is 0 Å². The number of amides is 1. The van der Waals surface area contributed by atoms with Crippen molar-refractivity contribution in [2.75, 3.05) is 30.4 Å². The van der Waals surface area contributed by atoms with Crippen molar-refractivity contribution >= 4 is 40.3 Å². The van der Waals surface area contributed by atoms with E-state index in [1.54, 1.807) is 42.5 Å². The van der Waals surface area contributed by atoms with Crippen LogP contribution in [0.5, 0.6) is 5.75 Å². The number of carbonyl (C=O) groups is 1. The minimum Gasteiger partial charge on any atom is -0.495 e. The Morgan fingerprint density at radius 2 is 1.97 bits per heavy atom. The molecule has 4 rings (SSSR count). The zero-order valence-electron chi connectivity index (χ0n) is 20.5. The second-order valence-corrected chi connectivity index (χ2v) is 9.29. The van der Waals surface area contributed by atoms with Gasteiger partial charge >= 0.3 is 0 Å². The Bertz CT molecular complexity index is 1320. The van der Waals surface area contributed by atoms with Gasteiger partial charge in [0.1, 0.15) is 29.6 Å². The Morgan fingerprint density at radius 3 is 2.62 bits per heavy atom. The molecule has 3 aromatic rings. The van der Waals surface area contributed by atoms with Crippen molar-refractivity contribution in [1.82, 2.24) is 5.32 Å². The monoisotopic (exact) mass is 524 g/mol. The van der Waals surface area contributed by atoms with E-state index in [1.807, 2.05) is 4.90 Å². The zero-order valence-corrected chi connectivity index (χ0v) is 21.3. The Labute approximate surface area is 219 Å². The van der Waals surface area contributed by atoms with E-state index in [1.165, 1.54) is 13.2 Å².